The number of halogens is 1. The molecule has 2 unspecified atom stereocenters. The molecule has 2 atom stereocenters. The van der Waals surface area contributed by atoms with Crippen LogP contribution in [0.25, 0.3) is 10.8 Å². The first-order valence-corrected chi connectivity index (χ1v) is 11.1. The van der Waals surface area contributed by atoms with Gasteiger partial charge in [-0.3, -0.25) is 14.7 Å². The Bertz CT molecular complexity index is 1350. The predicted octanol–water partition coefficient (Wildman–Crippen LogP) is 4.60. The summed E-state index contributed by atoms with van der Waals surface area (Å²) < 4.78 is 14.3. The highest BCUT2D eigenvalue weighted by molar-refractivity contribution is 5.97. The predicted molar refractivity (Wildman–Crippen MR) is 128 cm³/mol. The molecule has 33 heavy (non-hydrogen) atoms. The Morgan fingerprint density at radius 2 is 1.79 bits per heavy atom. The van der Waals surface area contributed by atoms with Crippen molar-refractivity contribution in [1.29, 1.82) is 0 Å². The van der Waals surface area contributed by atoms with E-state index in [0.717, 1.165) is 23.4 Å². The van der Waals surface area contributed by atoms with Gasteiger partial charge in [0.1, 0.15) is 5.82 Å². The zero-order valence-corrected chi connectivity index (χ0v) is 18.8. The molecule has 0 saturated heterocycles. The zero-order valence-electron chi connectivity index (χ0n) is 18.8. The molecular formula is C26H26FN5O. The van der Waals surface area contributed by atoms with Crippen molar-refractivity contribution in [3.8, 4) is 0 Å². The largest absolute Gasteiger partial charge is 0.377 e. The molecule has 0 fully saturated rings. The van der Waals surface area contributed by atoms with Crippen LogP contribution in [0, 0.1) is 5.82 Å². The van der Waals surface area contributed by atoms with Gasteiger partial charge in [-0.1, -0.05) is 24.3 Å². The third kappa shape index (κ3) is 3.89. The second kappa shape index (κ2) is 8.41. The number of nitrogens with one attached hydrogen (secondary N) is 2. The first-order chi connectivity index (χ1) is 15.9. The minimum absolute atomic E-state index is 0.179. The van der Waals surface area contributed by atoms with Crippen LogP contribution >= 0.6 is 0 Å². The van der Waals surface area contributed by atoms with Crippen LogP contribution in [0.2, 0.25) is 0 Å². The van der Waals surface area contributed by atoms with Crippen LogP contribution in [-0.2, 0) is 6.54 Å². The van der Waals surface area contributed by atoms with Gasteiger partial charge >= 0.3 is 0 Å². The molecule has 4 aromatic rings. The van der Waals surface area contributed by atoms with Gasteiger partial charge in [0.05, 0.1) is 23.0 Å². The molecule has 0 aliphatic carbocycles. The fourth-order valence-corrected chi connectivity index (χ4v) is 4.53. The van der Waals surface area contributed by atoms with Crippen molar-refractivity contribution < 1.29 is 4.39 Å². The second-order valence-electron chi connectivity index (χ2n) is 8.94. The van der Waals surface area contributed by atoms with Gasteiger partial charge < -0.3 is 5.32 Å². The molecule has 6 nitrogen and oxygen atoms in total. The molecule has 7 heteroatoms. The number of benzene rings is 2. The van der Waals surface area contributed by atoms with E-state index in [0.29, 0.717) is 22.5 Å². The maximum absolute atomic E-state index is 14.3. The van der Waals surface area contributed by atoms with E-state index in [2.05, 4.69) is 70.6 Å². The number of hydrogen-bond donors (Lipinski definition) is 2. The van der Waals surface area contributed by atoms with E-state index < -0.39 is 11.4 Å². The van der Waals surface area contributed by atoms with E-state index >= 15 is 0 Å². The van der Waals surface area contributed by atoms with Crippen LogP contribution in [0.5, 0.6) is 0 Å². The van der Waals surface area contributed by atoms with Gasteiger partial charge in [0.2, 0.25) is 0 Å². The van der Waals surface area contributed by atoms with Gasteiger partial charge in [0, 0.05) is 36.1 Å². The number of nitrogens with zero attached hydrogens (tertiary/aromatic N) is 3. The molecule has 2 aromatic heterocycles. The molecule has 0 amide bonds. The van der Waals surface area contributed by atoms with Crippen LogP contribution < -0.4 is 10.9 Å². The molecule has 168 valence electrons. The summed E-state index contributed by atoms with van der Waals surface area (Å²) >= 11 is 0. The minimum atomic E-state index is -0.460. The SMILES string of the molecule is CC(C)N(C)Cc1ccc(C2c3n[nH]c(=O)c4cc(F)cc(c34)NC2c2ccncc2)cc1. The van der Waals surface area contributed by atoms with Crippen molar-refractivity contribution in [3.05, 3.63) is 99.5 Å². The highest BCUT2D eigenvalue weighted by Gasteiger charge is 2.35. The number of aromatic nitrogens is 3. The van der Waals surface area contributed by atoms with Crippen LogP contribution in [0.4, 0.5) is 10.1 Å². The van der Waals surface area contributed by atoms with Crippen LogP contribution in [0.15, 0.2) is 65.7 Å². The van der Waals surface area contributed by atoms with E-state index in [9.17, 15) is 9.18 Å². The lowest BCUT2D eigenvalue weighted by Gasteiger charge is -2.34. The molecule has 0 bridgehead atoms. The molecule has 3 heterocycles. The van der Waals surface area contributed by atoms with Crippen LogP contribution in [-0.4, -0.2) is 33.2 Å². The van der Waals surface area contributed by atoms with E-state index in [4.69, 9.17) is 0 Å². The molecule has 2 N–H and O–H groups in total. The Morgan fingerprint density at radius 1 is 1.06 bits per heavy atom. The van der Waals surface area contributed by atoms with E-state index in [1.807, 2.05) is 12.1 Å². The summed E-state index contributed by atoms with van der Waals surface area (Å²) in [5, 5.41) is 11.5. The number of rotatable bonds is 5. The van der Waals surface area contributed by atoms with Crippen molar-refractivity contribution in [2.24, 2.45) is 0 Å². The smallest absolute Gasteiger partial charge is 0.272 e. The maximum atomic E-state index is 14.3. The first kappa shape index (κ1) is 21.3. The van der Waals surface area contributed by atoms with Crippen molar-refractivity contribution in [2.45, 2.75) is 38.4 Å². The van der Waals surface area contributed by atoms with Crippen molar-refractivity contribution in [2.75, 3.05) is 12.4 Å². The Kier molecular flexibility index (Phi) is 5.42. The number of pyridine rings is 1. The minimum Gasteiger partial charge on any atom is -0.377 e. The number of H-pyrrole nitrogens is 1. The van der Waals surface area contributed by atoms with Gasteiger partial charge in [-0.05, 0) is 61.9 Å². The molecule has 0 saturated carbocycles. The first-order valence-electron chi connectivity index (χ1n) is 11.1. The lowest BCUT2D eigenvalue weighted by atomic mass is 9.80. The number of aromatic amines is 1. The summed E-state index contributed by atoms with van der Waals surface area (Å²) in [4.78, 5) is 18.9. The highest BCUT2D eigenvalue weighted by Crippen LogP contribution is 2.46. The lowest BCUT2D eigenvalue weighted by Crippen LogP contribution is -2.28. The fraction of sp³-hybridized carbons (Fsp3) is 0.269. The van der Waals surface area contributed by atoms with Gasteiger partial charge in [-0.15, -0.1) is 0 Å². The van der Waals surface area contributed by atoms with Gasteiger partial charge in [-0.2, -0.15) is 5.10 Å². The highest BCUT2D eigenvalue weighted by atomic mass is 19.1. The Balaban J connectivity index is 1.65. The van der Waals surface area contributed by atoms with Gasteiger partial charge in [-0.25, -0.2) is 9.49 Å². The van der Waals surface area contributed by atoms with Crippen molar-refractivity contribution >= 4 is 16.5 Å². The summed E-state index contributed by atoms with van der Waals surface area (Å²) in [5.74, 6) is -0.639. The summed E-state index contributed by atoms with van der Waals surface area (Å²) in [6.07, 6.45) is 3.49. The lowest BCUT2D eigenvalue weighted by molar-refractivity contribution is 0.266. The third-order valence-corrected chi connectivity index (χ3v) is 6.54. The monoisotopic (exact) mass is 443 g/mol. The second-order valence-corrected chi connectivity index (χ2v) is 8.94. The maximum Gasteiger partial charge on any atom is 0.272 e. The summed E-state index contributed by atoms with van der Waals surface area (Å²) in [6.45, 7) is 5.21. The topological polar surface area (TPSA) is 73.9 Å². The summed E-state index contributed by atoms with van der Waals surface area (Å²) in [5.41, 5.74) is 4.20. The molecule has 0 spiro atoms. The Morgan fingerprint density at radius 3 is 2.48 bits per heavy atom. The Labute approximate surface area is 191 Å². The number of anilines is 1. The van der Waals surface area contributed by atoms with E-state index in [1.54, 1.807) is 12.4 Å². The molecule has 2 aromatic carbocycles. The molecular weight excluding hydrogens is 417 g/mol. The van der Waals surface area contributed by atoms with Crippen LogP contribution in [0.3, 0.4) is 0 Å². The molecule has 1 aliphatic rings. The zero-order chi connectivity index (χ0) is 23.1. The normalized spacial score (nSPS) is 17.5. The molecule has 1 aliphatic heterocycles. The summed E-state index contributed by atoms with van der Waals surface area (Å²) in [7, 11) is 2.11. The van der Waals surface area contributed by atoms with Crippen molar-refractivity contribution in [1.82, 2.24) is 20.1 Å². The fourth-order valence-electron chi connectivity index (χ4n) is 4.53. The molecule has 0 radical (unpaired) electrons. The van der Waals surface area contributed by atoms with E-state index in [1.165, 1.54) is 17.7 Å². The van der Waals surface area contributed by atoms with E-state index in [-0.39, 0.29) is 12.0 Å². The average Bonchev–Trinajstić information content (AvgIpc) is 2.81. The van der Waals surface area contributed by atoms with Gasteiger partial charge in [0.25, 0.3) is 5.56 Å². The standard InChI is InChI=1S/C26H26FN5O/c1-15(2)32(3)14-16-4-6-17(7-5-16)22-24(18-8-10-28-11-9-18)29-21-13-19(27)12-20-23(21)25(22)30-31-26(20)33/h4-13,15,22,24,29H,14H2,1-3H3,(H,31,33). The van der Waals surface area contributed by atoms with Crippen molar-refractivity contribution in [3.63, 3.8) is 0 Å². The van der Waals surface area contributed by atoms with Gasteiger partial charge in [0.15, 0.2) is 0 Å². The van der Waals surface area contributed by atoms with Crippen LogP contribution in [0.1, 0.15) is 48.2 Å². The Hall–Kier alpha value is -3.58. The summed E-state index contributed by atoms with van der Waals surface area (Å²) in [6, 6.07) is 15.4. The molecule has 5 rings (SSSR count). The number of hydrogen-bond acceptors (Lipinski definition) is 5. The third-order valence-electron chi connectivity index (χ3n) is 6.54. The average molecular weight is 444 g/mol. The quantitative estimate of drug-likeness (QED) is 0.472.